The van der Waals surface area contributed by atoms with E-state index in [1.165, 1.54) is 0 Å². The Bertz CT molecular complexity index is 914. The first-order valence-electron chi connectivity index (χ1n) is 11.3. The van der Waals surface area contributed by atoms with E-state index in [1.807, 2.05) is 51.1 Å². The van der Waals surface area contributed by atoms with Crippen molar-refractivity contribution < 1.29 is 14.3 Å². The van der Waals surface area contributed by atoms with E-state index < -0.39 is 6.04 Å². The molecule has 0 spiro atoms. The second kappa shape index (κ2) is 11.1. The quantitative estimate of drug-likeness (QED) is 0.662. The molecule has 0 aliphatic carbocycles. The fraction of sp³-hybridized carbons (Fsp3) is 0.480. The van der Waals surface area contributed by atoms with E-state index >= 15 is 0 Å². The van der Waals surface area contributed by atoms with Gasteiger partial charge in [0.25, 0.3) is 5.91 Å². The van der Waals surface area contributed by atoms with Crippen molar-refractivity contribution >= 4 is 17.6 Å². The van der Waals surface area contributed by atoms with Crippen molar-refractivity contribution in [2.45, 2.75) is 52.8 Å². The van der Waals surface area contributed by atoms with Crippen LogP contribution in [0.2, 0.25) is 0 Å². The van der Waals surface area contributed by atoms with E-state index in [-0.39, 0.29) is 23.8 Å². The van der Waals surface area contributed by atoms with Crippen LogP contribution < -0.4 is 15.5 Å². The predicted octanol–water partition coefficient (Wildman–Crippen LogP) is 3.08. The first-order valence-corrected chi connectivity index (χ1v) is 11.3. The minimum absolute atomic E-state index is 0.188. The third-order valence-electron chi connectivity index (χ3n) is 5.56. The number of morpholine rings is 1. The van der Waals surface area contributed by atoms with E-state index in [1.54, 1.807) is 12.3 Å². The Hall–Kier alpha value is -2.93. The molecule has 7 heteroatoms. The Balaban J connectivity index is 1.58. The minimum atomic E-state index is -0.593. The zero-order valence-electron chi connectivity index (χ0n) is 19.4. The third kappa shape index (κ3) is 6.53. The van der Waals surface area contributed by atoms with Gasteiger partial charge in [-0.3, -0.25) is 9.59 Å². The van der Waals surface area contributed by atoms with Gasteiger partial charge in [-0.2, -0.15) is 0 Å². The van der Waals surface area contributed by atoms with Crippen molar-refractivity contribution in [3.05, 3.63) is 59.3 Å². The molecule has 0 radical (unpaired) electrons. The largest absolute Gasteiger partial charge is 0.375 e. The second-order valence-electron chi connectivity index (χ2n) is 8.84. The molecule has 2 unspecified atom stereocenters. The molecular formula is C25H34N4O3. The number of benzene rings is 1. The lowest BCUT2D eigenvalue weighted by Crippen LogP contribution is -2.47. The Labute approximate surface area is 190 Å². The fourth-order valence-electron chi connectivity index (χ4n) is 3.81. The summed E-state index contributed by atoms with van der Waals surface area (Å²) in [6.07, 6.45) is 2.55. The number of anilines is 1. The molecule has 2 N–H and O–H groups in total. The second-order valence-corrected chi connectivity index (χ2v) is 8.84. The Morgan fingerprint density at radius 2 is 2.00 bits per heavy atom. The zero-order chi connectivity index (χ0) is 23.1. The number of ether oxygens (including phenoxy) is 1. The molecule has 1 saturated heterocycles. The molecule has 7 nitrogen and oxygen atoms in total. The number of carbonyl (C=O) groups is 2. The molecule has 0 bridgehead atoms. The number of nitrogens with one attached hydrogen (secondary N) is 2. The first-order chi connectivity index (χ1) is 15.3. The van der Waals surface area contributed by atoms with Gasteiger partial charge >= 0.3 is 0 Å². The molecule has 1 fully saturated rings. The van der Waals surface area contributed by atoms with Crippen molar-refractivity contribution in [2.75, 3.05) is 24.6 Å². The Morgan fingerprint density at radius 1 is 1.22 bits per heavy atom. The number of hydrogen-bond acceptors (Lipinski definition) is 5. The summed E-state index contributed by atoms with van der Waals surface area (Å²) in [7, 11) is 0. The maximum absolute atomic E-state index is 12.9. The van der Waals surface area contributed by atoms with Crippen molar-refractivity contribution in [1.29, 1.82) is 0 Å². The number of carbonyl (C=O) groups excluding carboxylic acids is 2. The molecule has 172 valence electrons. The van der Waals surface area contributed by atoms with Crippen LogP contribution in [0.15, 0.2) is 42.6 Å². The number of aromatic nitrogens is 1. The number of hydrogen-bond donors (Lipinski definition) is 2. The summed E-state index contributed by atoms with van der Waals surface area (Å²) >= 11 is 0. The van der Waals surface area contributed by atoms with Crippen LogP contribution in [-0.2, 0) is 16.1 Å². The van der Waals surface area contributed by atoms with Crippen molar-refractivity contribution in [3.8, 4) is 0 Å². The van der Waals surface area contributed by atoms with Gasteiger partial charge in [0.2, 0.25) is 5.91 Å². The van der Waals surface area contributed by atoms with Gasteiger partial charge in [0.1, 0.15) is 11.9 Å². The van der Waals surface area contributed by atoms with Gasteiger partial charge in [-0.25, -0.2) is 4.98 Å². The van der Waals surface area contributed by atoms with Crippen molar-refractivity contribution in [1.82, 2.24) is 15.6 Å². The van der Waals surface area contributed by atoms with Crippen LogP contribution in [0, 0.1) is 12.8 Å². The predicted molar refractivity (Wildman–Crippen MR) is 126 cm³/mol. The molecule has 1 aliphatic rings. The highest BCUT2D eigenvalue weighted by molar-refractivity contribution is 5.98. The molecular weight excluding hydrogens is 404 g/mol. The summed E-state index contributed by atoms with van der Waals surface area (Å²) in [6, 6.07) is 10.7. The van der Waals surface area contributed by atoms with Crippen LogP contribution in [-0.4, -0.2) is 48.6 Å². The summed E-state index contributed by atoms with van der Waals surface area (Å²) in [5.41, 5.74) is 2.39. The van der Waals surface area contributed by atoms with E-state index in [0.717, 1.165) is 30.0 Å². The first kappa shape index (κ1) is 23.7. The number of pyridine rings is 1. The van der Waals surface area contributed by atoms with E-state index in [4.69, 9.17) is 4.74 Å². The summed E-state index contributed by atoms with van der Waals surface area (Å²) in [6.45, 7) is 10.7. The molecule has 0 saturated carbocycles. The molecule has 2 amide bonds. The lowest BCUT2D eigenvalue weighted by Gasteiger charge is -2.32. The van der Waals surface area contributed by atoms with E-state index in [2.05, 4.69) is 27.4 Å². The molecule has 2 heterocycles. The third-order valence-corrected chi connectivity index (χ3v) is 5.56. The number of aryl methyl sites for hydroxylation is 1. The maximum Gasteiger partial charge on any atom is 0.252 e. The van der Waals surface area contributed by atoms with Gasteiger partial charge in [0.05, 0.1) is 12.7 Å². The number of amides is 2. The highest BCUT2D eigenvalue weighted by Gasteiger charge is 2.23. The Morgan fingerprint density at radius 3 is 2.66 bits per heavy atom. The summed E-state index contributed by atoms with van der Waals surface area (Å²) < 4.78 is 5.58. The van der Waals surface area contributed by atoms with Crippen LogP contribution in [0.1, 0.15) is 48.7 Å². The van der Waals surface area contributed by atoms with E-state index in [0.29, 0.717) is 25.1 Å². The maximum atomic E-state index is 12.9. The normalized spacial score (nSPS) is 17.2. The lowest BCUT2D eigenvalue weighted by molar-refractivity contribution is -0.123. The van der Waals surface area contributed by atoms with Gasteiger partial charge in [-0.05, 0) is 49.4 Å². The summed E-state index contributed by atoms with van der Waals surface area (Å²) in [5.74, 6) is 0.763. The number of nitrogens with zero attached hydrogens (tertiary/aromatic N) is 2. The van der Waals surface area contributed by atoms with Crippen LogP contribution in [0.4, 0.5) is 5.82 Å². The molecule has 2 aromatic rings. The average Bonchev–Trinajstić information content (AvgIpc) is 2.77. The van der Waals surface area contributed by atoms with Crippen LogP contribution in [0.3, 0.4) is 0 Å². The van der Waals surface area contributed by atoms with Gasteiger partial charge in [-0.1, -0.05) is 38.1 Å². The van der Waals surface area contributed by atoms with Crippen LogP contribution in [0.25, 0.3) is 0 Å². The molecule has 2 atom stereocenters. The zero-order valence-corrected chi connectivity index (χ0v) is 19.4. The topological polar surface area (TPSA) is 83.6 Å². The smallest absolute Gasteiger partial charge is 0.252 e. The fourth-order valence-corrected chi connectivity index (χ4v) is 3.81. The molecule has 1 aromatic carbocycles. The van der Waals surface area contributed by atoms with Crippen LogP contribution in [0.5, 0.6) is 0 Å². The molecule has 32 heavy (non-hydrogen) atoms. The van der Waals surface area contributed by atoms with Crippen molar-refractivity contribution in [2.24, 2.45) is 5.92 Å². The van der Waals surface area contributed by atoms with E-state index in [9.17, 15) is 9.59 Å². The van der Waals surface area contributed by atoms with Gasteiger partial charge in [0.15, 0.2) is 0 Å². The lowest BCUT2D eigenvalue weighted by atomic mass is 10.0. The van der Waals surface area contributed by atoms with Gasteiger partial charge in [-0.15, -0.1) is 0 Å². The minimum Gasteiger partial charge on any atom is -0.375 e. The summed E-state index contributed by atoms with van der Waals surface area (Å²) in [4.78, 5) is 32.4. The standard InChI is InChI=1S/C25H34N4O3/c1-17(2)13-22(28-24(30)21-8-6-5-7-18(21)3)25(31)27-15-20-9-10-23(26-14-20)29-11-12-32-19(4)16-29/h5-10,14,17,19,22H,11-13,15-16H2,1-4H3,(H,27,31)(H,28,30). The number of rotatable bonds is 8. The highest BCUT2D eigenvalue weighted by Crippen LogP contribution is 2.16. The monoisotopic (exact) mass is 438 g/mol. The highest BCUT2D eigenvalue weighted by atomic mass is 16.5. The molecule has 1 aliphatic heterocycles. The molecule has 3 rings (SSSR count). The average molecular weight is 439 g/mol. The van der Waals surface area contributed by atoms with Crippen molar-refractivity contribution in [3.63, 3.8) is 0 Å². The SMILES string of the molecule is Cc1ccccc1C(=O)NC(CC(C)C)C(=O)NCc1ccc(N2CCOC(C)C2)nc1. The molecule has 1 aromatic heterocycles. The summed E-state index contributed by atoms with van der Waals surface area (Å²) in [5, 5.41) is 5.87. The Kier molecular flexibility index (Phi) is 8.22. The van der Waals surface area contributed by atoms with Gasteiger partial charge < -0.3 is 20.3 Å². The van der Waals surface area contributed by atoms with Gasteiger partial charge in [0, 0.05) is 31.4 Å². The van der Waals surface area contributed by atoms with Crippen LogP contribution >= 0.6 is 0 Å².